The highest BCUT2D eigenvalue weighted by atomic mass is 32.2. The predicted octanol–water partition coefficient (Wildman–Crippen LogP) is 4.93. The van der Waals surface area contributed by atoms with E-state index in [1.54, 1.807) is 11.3 Å². The Balaban J connectivity index is 1.23. The molecule has 0 atom stereocenters. The Morgan fingerprint density at radius 2 is 1.79 bits per heavy atom. The van der Waals surface area contributed by atoms with Gasteiger partial charge in [-0.15, -0.1) is 23.1 Å². The number of fused-ring (bicyclic) bond motifs is 3. The average Bonchev–Trinajstić information content (AvgIpc) is 3.13. The number of benzene rings is 2. The van der Waals surface area contributed by atoms with Crippen molar-refractivity contribution in [2.24, 2.45) is 0 Å². The van der Waals surface area contributed by atoms with Crippen molar-refractivity contribution in [3.8, 4) is 11.3 Å². The quantitative estimate of drug-likeness (QED) is 0.229. The van der Waals surface area contributed by atoms with Crippen molar-refractivity contribution in [1.82, 2.24) is 9.71 Å². The van der Waals surface area contributed by atoms with Crippen LogP contribution in [0.3, 0.4) is 0 Å². The van der Waals surface area contributed by atoms with E-state index < -0.39 is 20.6 Å². The van der Waals surface area contributed by atoms with Crippen molar-refractivity contribution in [3.05, 3.63) is 63.5 Å². The Kier molecular flexibility index (Phi) is 7.63. The van der Waals surface area contributed by atoms with Crippen molar-refractivity contribution in [2.75, 3.05) is 24.2 Å². The molecule has 0 saturated carbocycles. The normalized spacial score (nSPS) is 13.1. The van der Waals surface area contributed by atoms with Gasteiger partial charge in [0, 0.05) is 40.2 Å². The van der Waals surface area contributed by atoms with Gasteiger partial charge in [-0.3, -0.25) is 10.1 Å². The van der Waals surface area contributed by atoms with Crippen LogP contribution in [0.4, 0.5) is 10.8 Å². The summed E-state index contributed by atoms with van der Waals surface area (Å²) in [5, 5.41) is 15.4. The summed E-state index contributed by atoms with van der Waals surface area (Å²) >= 11 is 3.58. The Morgan fingerprint density at radius 3 is 2.64 bits per heavy atom. The minimum absolute atomic E-state index is 0.231. The molecule has 8 nitrogen and oxygen atoms in total. The van der Waals surface area contributed by atoms with Crippen LogP contribution < -0.4 is 10.0 Å². The summed E-state index contributed by atoms with van der Waals surface area (Å²) in [6.07, 6.45) is 3.33. The minimum atomic E-state index is -3.92. The van der Waals surface area contributed by atoms with E-state index in [9.17, 15) is 18.5 Å². The van der Waals surface area contributed by atoms with E-state index in [1.807, 2.05) is 17.8 Å². The first-order chi connectivity index (χ1) is 16.0. The van der Waals surface area contributed by atoms with Gasteiger partial charge in [0.15, 0.2) is 10.0 Å². The van der Waals surface area contributed by atoms with Crippen LogP contribution >= 0.6 is 23.1 Å². The second-order valence-corrected chi connectivity index (χ2v) is 11.5. The van der Waals surface area contributed by atoms with Crippen LogP contribution in [0.1, 0.15) is 24.1 Å². The molecule has 2 N–H and O–H groups in total. The molecule has 3 aromatic rings. The minimum Gasteiger partial charge on any atom is -0.361 e. The third-order valence-electron chi connectivity index (χ3n) is 5.20. The number of aryl methyl sites for hydroxylation is 1. The van der Waals surface area contributed by atoms with Gasteiger partial charge >= 0.3 is 0 Å². The maximum absolute atomic E-state index is 12.4. The lowest BCUT2D eigenvalue weighted by Crippen LogP contribution is -2.25. The molecule has 4 rings (SSSR count). The van der Waals surface area contributed by atoms with Gasteiger partial charge in [-0.1, -0.05) is 36.8 Å². The van der Waals surface area contributed by atoms with E-state index in [2.05, 4.69) is 28.2 Å². The fourth-order valence-electron chi connectivity index (χ4n) is 3.59. The van der Waals surface area contributed by atoms with Crippen molar-refractivity contribution in [1.29, 1.82) is 0 Å². The second-order valence-electron chi connectivity index (χ2n) is 7.50. The van der Waals surface area contributed by atoms with E-state index >= 15 is 0 Å². The van der Waals surface area contributed by atoms with Gasteiger partial charge < -0.3 is 5.32 Å². The first-order valence-corrected chi connectivity index (χ1v) is 13.9. The largest absolute Gasteiger partial charge is 0.361 e. The van der Waals surface area contributed by atoms with Gasteiger partial charge in [0.2, 0.25) is 10.0 Å². The zero-order valence-electron chi connectivity index (χ0n) is 17.8. The maximum Gasteiger partial charge on any atom is 0.289 e. The fraction of sp³-hybridized carbons (Fsp3) is 0.318. The molecular weight excluding hydrogens is 480 g/mol. The highest BCUT2D eigenvalue weighted by Gasteiger charge is 2.24. The first-order valence-electron chi connectivity index (χ1n) is 10.6. The van der Waals surface area contributed by atoms with Crippen LogP contribution in [0.25, 0.3) is 11.3 Å². The predicted molar refractivity (Wildman–Crippen MR) is 133 cm³/mol. The van der Waals surface area contributed by atoms with Crippen LogP contribution in [0.2, 0.25) is 0 Å². The molecule has 33 heavy (non-hydrogen) atoms. The monoisotopic (exact) mass is 504 g/mol. The summed E-state index contributed by atoms with van der Waals surface area (Å²) in [4.78, 5) is 17.5. The molecular formula is C22H24N4O4S3. The lowest BCUT2D eigenvalue weighted by atomic mass is 10.1. The van der Waals surface area contributed by atoms with Crippen molar-refractivity contribution in [2.45, 2.75) is 35.5 Å². The number of hydrogen-bond acceptors (Lipinski definition) is 8. The van der Waals surface area contributed by atoms with Crippen LogP contribution in [0.5, 0.6) is 0 Å². The summed E-state index contributed by atoms with van der Waals surface area (Å²) in [5.74, 6) is 1.05. The van der Waals surface area contributed by atoms with Gasteiger partial charge in [-0.05, 0) is 31.4 Å². The number of nitro benzene ring substituents is 1. The number of nitrogens with one attached hydrogen (secondary N) is 2. The molecule has 0 spiro atoms. The molecule has 0 radical (unpaired) electrons. The van der Waals surface area contributed by atoms with Crippen LogP contribution in [0.15, 0.2) is 58.3 Å². The van der Waals surface area contributed by atoms with Gasteiger partial charge in [-0.25, -0.2) is 18.1 Å². The van der Waals surface area contributed by atoms with E-state index in [1.165, 1.54) is 39.6 Å². The third kappa shape index (κ3) is 5.72. The summed E-state index contributed by atoms with van der Waals surface area (Å²) in [7, 11) is -3.92. The van der Waals surface area contributed by atoms with Gasteiger partial charge in [-0.2, -0.15) is 0 Å². The molecule has 0 bridgehead atoms. The molecule has 1 aliphatic rings. The van der Waals surface area contributed by atoms with E-state index in [0.717, 1.165) is 42.4 Å². The number of unbranched alkanes of at least 4 members (excludes halogenated alkanes) is 2. The van der Waals surface area contributed by atoms with Gasteiger partial charge in [0.1, 0.15) is 0 Å². The van der Waals surface area contributed by atoms with Gasteiger partial charge in [0.05, 0.1) is 10.6 Å². The summed E-state index contributed by atoms with van der Waals surface area (Å²) < 4.78 is 27.3. The van der Waals surface area contributed by atoms with Crippen LogP contribution in [-0.4, -0.2) is 37.2 Å². The first kappa shape index (κ1) is 23.7. The molecule has 0 aliphatic carbocycles. The number of rotatable bonds is 10. The second kappa shape index (κ2) is 10.6. The third-order valence-corrected chi connectivity index (χ3v) is 8.86. The summed E-state index contributed by atoms with van der Waals surface area (Å²) in [6, 6.07) is 13.7. The number of thiazole rings is 1. The standard InChI is InChI=1S/C22H24N4O4S3/c27-26(28)17-9-3-5-11-20(17)33(29,30)24-14-7-1-6-13-23-22-25-21-16-8-2-4-10-18(16)31-15-12-19(21)32-22/h2-5,8-11,24H,1,6-7,12-15H2,(H,23,25). The molecule has 11 heteroatoms. The zero-order valence-corrected chi connectivity index (χ0v) is 20.3. The molecule has 0 fully saturated rings. The molecule has 0 unspecified atom stereocenters. The number of thioether (sulfide) groups is 1. The summed E-state index contributed by atoms with van der Waals surface area (Å²) in [5.41, 5.74) is 1.86. The van der Waals surface area contributed by atoms with Crippen molar-refractivity contribution < 1.29 is 13.3 Å². The molecule has 174 valence electrons. The Morgan fingerprint density at radius 1 is 1.03 bits per heavy atom. The number of nitro groups is 1. The number of aromatic nitrogens is 1. The lowest BCUT2D eigenvalue weighted by Gasteiger charge is -2.07. The van der Waals surface area contributed by atoms with E-state index in [-0.39, 0.29) is 11.4 Å². The smallest absolute Gasteiger partial charge is 0.289 e. The lowest BCUT2D eigenvalue weighted by molar-refractivity contribution is -0.387. The Labute approximate surface area is 201 Å². The number of sulfonamides is 1. The highest BCUT2D eigenvalue weighted by molar-refractivity contribution is 7.99. The fourth-order valence-corrected chi connectivity index (χ4v) is 6.99. The highest BCUT2D eigenvalue weighted by Crippen LogP contribution is 2.40. The van der Waals surface area contributed by atoms with Crippen LogP contribution in [0, 0.1) is 10.1 Å². The van der Waals surface area contributed by atoms with Crippen LogP contribution in [-0.2, 0) is 16.4 Å². The molecule has 0 amide bonds. The Bertz CT molecular complexity index is 1240. The molecule has 0 saturated heterocycles. The maximum atomic E-state index is 12.4. The van der Waals surface area contributed by atoms with Gasteiger partial charge in [0.25, 0.3) is 5.69 Å². The van der Waals surface area contributed by atoms with E-state index in [4.69, 9.17) is 4.98 Å². The number of nitrogens with zero attached hydrogens (tertiary/aromatic N) is 2. The number of para-hydroxylation sites is 1. The molecule has 1 aromatic heterocycles. The molecule has 1 aliphatic heterocycles. The Hall–Kier alpha value is -2.47. The molecule has 2 aromatic carbocycles. The average molecular weight is 505 g/mol. The molecule has 2 heterocycles. The van der Waals surface area contributed by atoms with E-state index in [0.29, 0.717) is 6.42 Å². The number of hydrogen-bond donors (Lipinski definition) is 2. The zero-order chi connectivity index (χ0) is 23.3. The SMILES string of the molecule is O=[N+]([O-])c1ccccc1S(=O)(=O)NCCCCCNc1nc2c(s1)CCSc1ccccc1-2. The number of anilines is 1. The van der Waals surface area contributed by atoms with Crippen molar-refractivity contribution >= 4 is 43.9 Å². The topological polar surface area (TPSA) is 114 Å². The summed E-state index contributed by atoms with van der Waals surface area (Å²) in [6.45, 7) is 0.980. The van der Waals surface area contributed by atoms with Crippen molar-refractivity contribution in [3.63, 3.8) is 0 Å².